The van der Waals surface area contributed by atoms with Gasteiger partial charge in [-0.2, -0.15) is 0 Å². The number of halogens is 2. The van der Waals surface area contributed by atoms with E-state index in [4.69, 9.17) is 4.74 Å². The smallest absolute Gasteiger partial charge is 0.119 e. The van der Waals surface area contributed by atoms with Gasteiger partial charge in [0.05, 0.1) is 6.61 Å². The Balaban J connectivity index is 2.17. The number of ether oxygens (including phenoxy) is 1. The van der Waals surface area contributed by atoms with E-state index in [1.807, 2.05) is 42.5 Å². The molecule has 2 aromatic carbocycles. The van der Waals surface area contributed by atoms with Crippen LogP contribution in [0.15, 0.2) is 51.4 Å². The minimum atomic E-state index is -0.649. The van der Waals surface area contributed by atoms with E-state index < -0.39 is 6.10 Å². The molecule has 2 rings (SSSR count). The summed E-state index contributed by atoms with van der Waals surface area (Å²) < 4.78 is 7.41. The van der Waals surface area contributed by atoms with Gasteiger partial charge in [0.1, 0.15) is 11.9 Å². The van der Waals surface area contributed by atoms with E-state index in [0.717, 1.165) is 32.2 Å². The molecular formula is C16H16Br2O2. The molecule has 0 saturated heterocycles. The molecule has 0 aromatic heterocycles. The molecule has 1 N–H and O–H groups in total. The molecule has 0 saturated carbocycles. The highest BCUT2D eigenvalue weighted by Crippen LogP contribution is 2.29. The van der Waals surface area contributed by atoms with Crippen molar-refractivity contribution in [1.29, 1.82) is 0 Å². The fourth-order valence-corrected chi connectivity index (χ4v) is 3.22. The molecule has 1 atom stereocenters. The Labute approximate surface area is 136 Å². The molecular weight excluding hydrogens is 384 g/mol. The van der Waals surface area contributed by atoms with Crippen molar-refractivity contribution in [2.75, 3.05) is 6.61 Å². The highest BCUT2D eigenvalue weighted by molar-refractivity contribution is 9.11. The van der Waals surface area contributed by atoms with E-state index in [2.05, 4.69) is 38.8 Å². The van der Waals surface area contributed by atoms with E-state index in [1.54, 1.807) is 0 Å². The normalized spacial score (nSPS) is 12.2. The number of aliphatic hydroxyl groups is 1. The summed E-state index contributed by atoms with van der Waals surface area (Å²) in [6, 6.07) is 13.3. The Morgan fingerprint density at radius 1 is 1.00 bits per heavy atom. The molecule has 4 heteroatoms. The van der Waals surface area contributed by atoms with Crippen molar-refractivity contribution >= 4 is 31.9 Å². The minimum Gasteiger partial charge on any atom is -0.494 e. The van der Waals surface area contributed by atoms with Gasteiger partial charge in [0.2, 0.25) is 0 Å². The Kier molecular flexibility index (Phi) is 5.64. The Morgan fingerprint density at radius 3 is 2.15 bits per heavy atom. The zero-order chi connectivity index (χ0) is 14.5. The van der Waals surface area contributed by atoms with Gasteiger partial charge in [-0.05, 0) is 47.9 Å². The van der Waals surface area contributed by atoms with E-state index in [0.29, 0.717) is 6.61 Å². The van der Waals surface area contributed by atoms with Crippen molar-refractivity contribution in [1.82, 2.24) is 0 Å². The van der Waals surface area contributed by atoms with Crippen molar-refractivity contribution in [3.05, 3.63) is 62.5 Å². The molecule has 0 aliphatic heterocycles. The molecule has 0 spiro atoms. The second-order valence-corrected chi connectivity index (χ2v) is 6.35. The largest absolute Gasteiger partial charge is 0.494 e. The topological polar surface area (TPSA) is 29.5 Å². The average molecular weight is 400 g/mol. The number of hydrogen-bond donors (Lipinski definition) is 1. The van der Waals surface area contributed by atoms with Crippen LogP contribution in [0.4, 0.5) is 0 Å². The van der Waals surface area contributed by atoms with Gasteiger partial charge in [-0.3, -0.25) is 0 Å². The lowest BCUT2D eigenvalue weighted by atomic mass is 10.0. The van der Waals surface area contributed by atoms with Crippen LogP contribution in [-0.2, 0) is 0 Å². The third-order valence-electron chi connectivity index (χ3n) is 2.87. The van der Waals surface area contributed by atoms with Gasteiger partial charge in [0.15, 0.2) is 0 Å². The second-order valence-electron chi connectivity index (χ2n) is 4.52. The standard InChI is InChI=1S/C16H16Br2O2/c1-2-7-20-15-5-3-11(4-6-15)16(19)12-8-13(17)10-14(18)9-12/h3-6,8-10,16,19H,2,7H2,1H3. The van der Waals surface area contributed by atoms with Gasteiger partial charge in [-0.25, -0.2) is 0 Å². The summed E-state index contributed by atoms with van der Waals surface area (Å²) in [4.78, 5) is 0. The molecule has 2 aromatic rings. The predicted molar refractivity (Wildman–Crippen MR) is 88.1 cm³/mol. The molecule has 0 heterocycles. The number of rotatable bonds is 5. The Bertz CT molecular complexity index is 547. The van der Waals surface area contributed by atoms with E-state index in [1.165, 1.54) is 0 Å². The van der Waals surface area contributed by atoms with Gasteiger partial charge >= 0.3 is 0 Å². The maximum atomic E-state index is 10.4. The lowest BCUT2D eigenvalue weighted by molar-refractivity contribution is 0.220. The number of hydrogen-bond acceptors (Lipinski definition) is 2. The maximum absolute atomic E-state index is 10.4. The second kappa shape index (κ2) is 7.25. The summed E-state index contributed by atoms with van der Waals surface area (Å²) in [5, 5.41) is 10.4. The number of benzene rings is 2. The third-order valence-corrected chi connectivity index (χ3v) is 3.78. The van der Waals surface area contributed by atoms with Crippen LogP contribution in [0.25, 0.3) is 0 Å². The average Bonchev–Trinajstić information content (AvgIpc) is 2.44. The summed E-state index contributed by atoms with van der Waals surface area (Å²) in [5.41, 5.74) is 1.69. The van der Waals surface area contributed by atoms with Crippen LogP contribution in [0.1, 0.15) is 30.6 Å². The van der Waals surface area contributed by atoms with Crippen LogP contribution in [0, 0.1) is 0 Å². The van der Waals surface area contributed by atoms with Crippen LogP contribution < -0.4 is 4.74 Å². The van der Waals surface area contributed by atoms with Gasteiger partial charge < -0.3 is 9.84 Å². The molecule has 20 heavy (non-hydrogen) atoms. The molecule has 0 aliphatic carbocycles. The first-order valence-corrected chi connectivity index (χ1v) is 8.05. The molecule has 0 radical (unpaired) electrons. The van der Waals surface area contributed by atoms with E-state index >= 15 is 0 Å². The summed E-state index contributed by atoms with van der Waals surface area (Å²) in [5.74, 6) is 0.832. The Hall–Kier alpha value is -0.840. The fourth-order valence-electron chi connectivity index (χ4n) is 1.89. The fraction of sp³-hybridized carbons (Fsp3) is 0.250. The Morgan fingerprint density at radius 2 is 1.60 bits per heavy atom. The summed E-state index contributed by atoms with van der Waals surface area (Å²) in [6.45, 7) is 2.78. The third kappa shape index (κ3) is 4.08. The predicted octanol–water partition coefficient (Wildman–Crippen LogP) is 5.08. The van der Waals surface area contributed by atoms with Crippen molar-refractivity contribution in [2.24, 2.45) is 0 Å². The van der Waals surface area contributed by atoms with Crippen LogP contribution in [0.3, 0.4) is 0 Å². The molecule has 0 bridgehead atoms. The molecule has 106 valence electrons. The van der Waals surface area contributed by atoms with Crippen LogP contribution >= 0.6 is 31.9 Å². The summed E-state index contributed by atoms with van der Waals surface area (Å²) in [6.07, 6.45) is 0.334. The van der Waals surface area contributed by atoms with Crippen LogP contribution in [0.2, 0.25) is 0 Å². The van der Waals surface area contributed by atoms with Crippen molar-refractivity contribution < 1.29 is 9.84 Å². The molecule has 0 amide bonds. The van der Waals surface area contributed by atoms with Crippen LogP contribution in [0.5, 0.6) is 5.75 Å². The van der Waals surface area contributed by atoms with Crippen LogP contribution in [-0.4, -0.2) is 11.7 Å². The van der Waals surface area contributed by atoms with Crippen molar-refractivity contribution in [3.8, 4) is 5.75 Å². The molecule has 0 aliphatic rings. The SMILES string of the molecule is CCCOc1ccc(C(O)c2cc(Br)cc(Br)c2)cc1. The molecule has 0 fully saturated rings. The monoisotopic (exact) mass is 398 g/mol. The van der Waals surface area contributed by atoms with E-state index in [-0.39, 0.29) is 0 Å². The van der Waals surface area contributed by atoms with Gasteiger partial charge in [-0.1, -0.05) is 50.9 Å². The highest BCUT2D eigenvalue weighted by Gasteiger charge is 2.12. The first-order chi connectivity index (χ1) is 9.60. The molecule has 2 nitrogen and oxygen atoms in total. The minimum absolute atomic E-state index is 0.649. The zero-order valence-corrected chi connectivity index (χ0v) is 14.3. The quantitative estimate of drug-likeness (QED) is 0.759. The first-order valence-electron chi connectivity index (χ1n) is 6.47. The lowest BCUT2D eigenvalue weighted by Gasteiger charge is -2.13. The zero-order valence-electron chi connectivity index (χ0n) is 11.1. The summed E-state index contributed by atoms with van der Waals surface area (Å²) in [7, 11) is 0. The highest BCUT2D eigenvalue weighted by atomic mass is 79.9. The van der Waals surface area contributed by atoms with Gasteiger partial charge in [0.25, 0.3) is 0 Å². The molecule has 1 unspecified atom stereocenters. The maximum Gasteiger partial charge on any atom is 0.119 e. The summed E-state index contributed by atoms with van der Waals surface area (Å²) >= 11 is 6.87. The van der Waals surface area contributed by atoms with Gasteiger partial charge in [-0.15, -0.1) is 0 Å². The number of aliphatic hydroxyl groups excluding tert-OH is 1. The van der Waals surface area contributed by atoms with E-state index in [9.17, 15) is 5.11 Å². The first kappa shape index (κ1) is 15.5. The van der Waals surface area contributed by atoms with Crippen molar-refractivity contribution in [3.63, 3.8) is 0 Å². The van der Waals surface area contributed by atoms with Crippen molar-refractivity contribution in [2.45, 2.75) is 19.4 Å². The van der Waals surface area contributed by atoms with Gasteiger partial charge in [0, 0.05) is 8.95 Å². The lowest BCUT2D eigenvalue weighted by Crippen LogP contribution is -2.00.